The van der Waals surface area contributed by atoms with Crippen LogP contribution in [0.25, 0.3) is 5.57 Å². The van der Waals surface area contributed by atoms with Gasteiger partial charge in [0.15, 0.2) is 0 Å². The minimum absolute atomic E-state index is 0.0273. The smallest absolute Gasteiger partial charge is 0.257 e. The van der Waals surface area contributed by atoms with E-state index >= 15 is 4.39 Å². The van der Waals surface area contributed by atoms with E-state index < -0.39 is 5.82 Å². The largest absolute Gasteiger partial charge is 0.496 e. The van der Waals surface area contributed by atoms with Gasteiger partial charge in [0.05, 0.1) is 48.8 Å². The summed E-state index contributed by atoms with van der Waals surface area (Å²) in [6.45, 7) is 4.49. The molecule has 1 aromatic carbocycles. The SMILES string of the molecule is CCCNc1nc(Cc2cc(F)c(C(=O)N3CCOCC3)cc2OC)nc2c1C(C#N)=CC2. The number of morpholine rings is 1. The molecule has 1 aliphatic heterocycles. The summed E-state index contributed by atoms with van der Waals surface area (Å²) < 4.78 is 25.8. The second-order valence-corrected chi connectivity index (χ2v) is 7.90. The average molecular weight is 452 g/mol. The predicted molar refractivity (Wildman–Crippen MR) is 121 cm³/mol. The van der Waals surface area contributed by atoms with Gasteiger partial charge in [-0.05, 0) is 18.6 Å². The number of benzene rings is 1. The lowest BCUT2D eigenvalue weighted by Gasteiger charge is -2.27. The third kappa shape index (κ3) is 4.66. The number of carbonyl (C=O) groups is 1. The van der Waals surface area contributed by atoms with Crippen molar-refractivity contribution in [2.75, 3.05) is 45.3 Å². The quantitative estimate of drug-likeness (QED) is 0.691. The Labute approximate surface area is 192 Å². The van der Waals surface area contributed by atoms with E-state index in [1.54, 1.807) is 4.90 Å². The van der Waals surface area contributed by atoms with Crippen molar-refractivity contribution < 1.29 is 18.7 Å². The zero-order valence-electron chi connectivity index (χ0n) is 18.8. The summed E-state index contributed by atoms with van der Waals surface area (Å²) in [5.41, 5.74) is 2.58. The number of methoxy groups -OCH3 is 1. The van der Waals surface area contributed by atoms with Crippen LogP contribution in [-0.2, 0) is 17.6 Å². The Balaban J connectivity index is 1.64. The van der Waals surface area contributed by atoms with E-state index in [0.29, 0.717) is 67.8 Å². The molecule has 0 bridgehead atoms. The van der Waals surface area contributed by atoms with E-state index in [-0.39, 0.29) is 17.9 Å². The monoisotopic (exact) mass is 451 g/mol. The summed E-state index contributed by atoms with van der Waals surface area (Å²) in [6.07, 6.45) is 3.51. The third-order valence-corrected chi connectivity index (χ3v) is 5.71. The first-order valence-corrected chi connectivity index (χ1v) is 11.0. The van der Waals surface area contributed by atoms with Crippen LogP contribution >= 0.6 is 0 Å². The molecule has 2 aromatic rings. The standard InChI is InChI=1S/C24H26FN5O3/c1-3-6-27-23-22-15(14-26)4-5-19(22)28-21(29-23)12-16-11-18(25)17(13-20(16)32-2)24(31)30-7-9-33-10-8-30/h4,11,13H,3,5-10,12H2,1-2H3,(H,27,28,29). The van der Waals surface area contributed by atoms with Gasteiger partial charge in [-0.2, -0.15) is 5.26 Å². The molecule has 1 N–H and O–H groups in total. The van der Waals surface area contributed by atoms with Crippen LogP contribution in [-0.4, -0.2) is 60.7 Å². The predicted octanol–water partition coefficient (Wildman–Crippen LogP) is 2.97. The van der Waals surface area contributed by atoms with Crippen LogP contribution in [0, 0.1) is 17.1 Å². The molecule has 172 valence electrons. The molecule has 8 nitrogen and oxygen atoms in total. The highest BCUT2D eigenvalue weighted by Crippen LogP contribution is 2.32. The fourth-order valence-electron chi connectivity index (χ4n) is 4.04. The van der Waals surface area contributed by atoms with E-state index in [0.717, 1.165) is 17.7 Å². The van der Waals surface area contributed by atoms with E-state index in [9.17, 15) is 10.1 Å². The average Bonchev–Trinajstić information content (AvgIpc) is 3.26. The van der Waals surface area contributed by atoms with Gasteiger partial charge in [0.25, 0.3) is 5.91 Å². The number of nitriles is 1. The molecule has 0 spiro atoms. The molecular formula is C24H26FN5O3. The number of hydrogen-bond donors (Lipinski definition) is 1. The Bertz CT molecular complexity index is 1140. The van der Waals surface area contributed by atoms with Crippen LogP contribution in [0.2, 0.25) is 0 Å². The molecule has 1 saturated heterocycles. The van der Waals surface area contributed by atoms with Gasteiger partial charge in [0.1, 0.15) is 23.2 Å². The maximum atomic E-state index is 15.0. The number of aromatic nitrogens is 2. The van der Waals surface area contributed by atoms with E-state index in [1.807, 2.05) is 13.0 Å². The Morgan fingerprint density at radius 3 is 2.82 bits per heavy atom. The zero-order chi connectivity index (χ0) is 23.4. The number of nitrogens with zero attached hydrogens (tertiary/aromatic N) is 4. The van der Waals surface area contributed by atoms with Gasteiger partial charge < -0.3 is 19.7 Å². The van der Waals surface area contributed by atoms with Gasteiger partial charge in [-0.3, -0.25) is 4.79 Å². The summed E-state index contributed by atoms with van der Waals surface area (Å²) in [6, 6.07) is 4.97. The van der Waals surface area contributed by atoms with Crippen molar-refractivity contribution >= 4 is 17.3 Å². The van der Waals surface area contributed by atoms with Gasteiger partial charge in [-0.15, -0.1) is 0 Å². The number of carbonyl (C=O) groups excluding carboxylic acids is 1. The molecule has 0 saturated carbocycles. The van der Waals surface area contributed by atoms with Crippen molar-refractivity contribution in [2.24, 2.45) is 0 Å². The summed E-state index contributed by atoms with van der Waals surface area (Å²) in [5.74, 6) is 0.512. The van der Waals surface area contributed by atoms with Crippen molar-refractivity contribution in [1.82, 2.24) is 14.9 Å². The van der Waals surface area contributed by atoms with Crippen LogP contribution in [0.15, 0.2) is 18.2 Å². The van der Waals surface area contributed by atoms with Gasteiger partial charge in [-0.1, -0.05) is 13.0 Å². The van der Waals surface area contributed by atoms with E-state index in [2.05, 4.69) is 21.4 Å². The molecule has 0 radical (unpaired) electrons. The number of allylic oxidation sites excluding steroid dienone is 2. The molecule has 1 aliphatic carbocycles. The number of ether oxygens (including phenoxy) is 2. The Morgan fingerprint density at radius 2 is 2.12 bits per heavy atom. The lowest BCUT2D eigenvalue weighted by Crippen LogP contribution is -2.41. The van der Waals surface area contributed by atoms with E-state index in [4.69, 9.17) is 9.47 Å². The molecule has 1 amide bonds. The Kier molecular flexibility index (Phi) is 6.84. The topological polar surface area (TPSA) is 100 Å². The number of amides is 1. The Morgan fingerprint density at radius 1 is 1.33 bits per heavy atom. The highest BCUT2D eigenvalue weighted by molar-refractivity contribution is 5.95. The van der Waals surface area contributed by atoms with Crippen molar-refractivity contribution in [3.05, 3.63) is 52.2 Å². The first-order chi connectivity index (χ1) is 16.0. The Hall–Kier alpha value is -3.51. The van der Waals surface area contributed by atoms with Crippen molar-refractivity contribution in [2.45, 2.75) is 26.2 Å². The fraction of sp³-hybridized carbons (Fsp3) is 0.417. The number of rotatable bonds is 7. The highest BCUT2D eigenvalue weighted by Gasteiger charge is 2.25. The molecule has 0 unspecified atom stereocenters. The molecular weight excluding hydrogens is 425 g/mol. The van der Waals surface area contributed by atoms with Crippen LogP contribution in [0.4, 0.5) is 10.2 Å². The van der Waals surface area contributed by atoms with Crippen molar-refractivity contribution in [3.8, 4) is 11.8 Å². The molecule has 4 rings (SSSR count). The minimum atomic E-state index is -0.610. The summed E-state index contributed by atoms with van der Waals surface area (Å²) >= 11 is 0. The second-order valence-electron chi connectivity index (χ2n) is 7.90. The molecule has 0 atom stereocenters. The normalized spacial score (nSPS) is 15.0. The molecule has 2 heterocycles. The minimum Gasteiger partial charge on any atom is -0.496 e. The van der Waals surface area contributed by atoms with Gasteiger partial charge in [0, 0.05) is 38.0 Å². The summed E-state index contributed by atoms with van der Waals surface area (Å²) in [4.78, 5) is 23.6. The number of halogens is 1. The third-order valence-electron chi connectivity index (χ3n) is 5.71. The van der Waals surface area contributed by atoms with Crippen LogP contribution in [0.5, 0.6) is 5.75 Å². The lowest BCUT2D eigenvalue weighted by molar-refractivity contribution is 0.0299. The number of fused-ring (bicyclic) bond motifs is 1. The second kappa shape index (κ2) is 9.96. The first kappa shape index (κ1) is 22.7. The highest BCUT2D eigenvalue weighted by atomic mass is 19.1. The number of hydrogen-bond acceptors (Lipinski definition) is 7. The van der Waals surface area contributed by atoms with Crippen LogP contribution in [0.1, 0.15) is 46.3 Å². The van der Waals surface area contributed by atoms with Crippen LogP contribution in [0.3, 0.4) is 0 Å². The van der Waals surface area contributed by atoms with Crippen LogP contribution < -0.4 is 10.1 Å². The number of nitrogens with one attached hydrogen (secondary N) is 1. The fourth-order valence-corrected chi connectivity index (χ4v) is 4.04. The van der Waals surface area contributed by atoms with Crippen molar-refractivity contribution in [1.29, 1.82) is 5.26 Å². The molecule has 33 heavy (non-hydrogen) atoms. The van der Waals surface area contributed by atoms with E-state index in [1.165, 1.54) is 19.2 Å². The summed E-state index contributed by atoms with van der Waals surface area (Å²) in [5, 5.41) is 12.7. The van der Waals surface area contributed by atoms with Gasteiger partial charge >= 0.3 is 0 Å². The maximum absolute atomic E-state index is 15.0. The zero-order valence-corrected chi connectivity index (χ0v) is 18.8. The maximum Gasteiger partial charge on any atom is 0.257 e. The molecule has 1 aromatic heterocycles. The summed E-state index contributed by atoms with van der Waals surface area (Å²) in [7, 11) is 1.49. The van der Waals surface area contributed by atoms with Gasteiger partial charge in [-0.25, -0.2) is 14.4 Å². The first-order valence-electron chi connectivity index (χ1n) is 11.0. The lowest BCUT2D eigenvalue weighted by atomic mass is 10.0. The molecule has 1 fully saturated rings. The molecule has 9 heteroatoms. The number of anilines is 1. The van der Waals surface area contributed by atoms with Crippen molar-refractivity contribution in [3.63, 3.8) is 0 Å². The molecule has 2 aliphatic rings. The van der Waals surface area contributed by atoms with Gasteiger partial charge in [0.2, 0.25) is 0 Å².